The van der Waals surface area contributed by atoms with Gasteiger partial charge in [0.15, 0.2) is 0 Å². The van der Waals surface area contributed by atoms with Crippen molar-refractivity contribution in [3.05, 3.63) is 66.0 Å². The Labute approximate surface area is 209 Å². The first-order valence-corrected chi connectivity index (χ1v) is 12.2. The predicted octanol–water partition coefficient (Wildman–Crippen LogP) is 3.20. The highest BCUT2D eigenvalue weighted by molar-refractivity contribution is 5.94. The van der Waals surface area contributed by atoms with E-state index in [0.29, 0.717) is 56.1 Å². The van der Waals surface area contributed by atoms with Crippen LogP contribution < -0.4 is 10.1 Å². The molecule has 3 aromatic rings. The number of amides is 3. The van der Waals surface area contributed by atoms with Gasteiger partial charge in [0.05, 0.1) is 0 Å². The summed E-state index contributed by atoms with van der Waals surface area (Å²) < 4.78 is 6.22. The number of H-pyrrole nitrogens is 1. The quantitative estimate of drug-likeness (QED) is 0.507. The van der Waals surface area contributed by atoms with E-state index >= 15 is 0 Å². The number of imidazole rings is 1. The van der Waals surface area contributed by atoms with Crippen LogP contribution in [0.25, 0.3) is 11.4 Å². The third kappa shape index (κ3) is 5.25. The molecule has 5 rings (SSSR count). The van der Waals surface area contributed by atoms with Gasteiger partial charge in [0.2, 0.25) is 11.8 Å². The molecule has 1 atom stereocenters. The van der Waals surface area contributed by atoms with Crippen LogP contribution >= 0.6 is 0 Å². The van der Waals surface area contributed by atoms with Crippen molar-refractivity contribution < 1.29 is 19.1 Å². The van der Waals surface area contributed by atoms with Crippen molar-refractivity contribution in [2.75, 3.05) is 26.7 Å². The lowest BCUT2D eigenvalue weighted by Crippen LogP contribution is -2.30. The molecule has 2 N–H and O–H groups in total. The molecule has 0 radical (unpaired) electrons. The Hall–Kier alpha value is -4.14. The number of likely N-dealkylation sites (tertiary alicyclic amines) is 2. The molecule has 2 aliphatic heterocycles. The topological polar surface area (TPSA) is 108 Å². The van der Waals surface area contributed by atoms with Gasteiger partial charge in [-0.1, -0.05) is 6.07 Å². The first kappa shape index (κ1) is 23.6. The van der Waals surface area contributed by atoms with Crippen LogP contribution in [0.3, 0.4) is 0 Å². The summed E-state index contributed by atoms with van der Waals surface area (Å²) >= 11 is 0. The van der Waals surface area contributed by atoms with Crippen LogP contribution in [-0.2, 0) is 16.1 Å². The van der Waals surface area contributed by atoms with Gasteiger partial charge in [-0.2, -0.15) is 0 Å². The molecule has 2 aromatic carbocycles. The van der Waals surface area contributed by atoms with Crippen molar-refractivity contribution >= 4 is 17.7 Å². The minimum atomic E-state index is -0.223. The fraction of sp³-hybridized carbons (Fsp3) is 0.333. The highest BCUT2D eigenvalue weighted by atomic mass is 16.5. The van der Waals surface area contributed by atoms with E-state index in [9.17, 15) is 14.4 Å². The molecule has 3 heterocycles. The second kappa shape index (κ2) is 10.2. The normalized spacial score (nSPS) is 17.6. The Morgan fingerprint density at radius 2 is 2.00 bits per heavy atom. The lowest BCUT2D eigenvalue weighted by molar-refractivity contribution is -0.128. The summed E-state index contributed by atoms with van der Waals surface area (Å²) in [5, 5.41) is 2.95. The molecule has 1 aromatic heterocycles. The second-order valence-corrected chi connectivity index (χ2v) is 9.36. The molecule has 1 unspecified atom stereocenters. The van der Waals surface area contributed by atoms with Gasteiger partial charge in [-0.05, 0) is 42.8 Å². The van der Waals surface area contributed by atoms with Crippen LogP contribution in [0, 0.1) is 5.92 Å². The van der Waals surface area contributed by atoms with Gasteiger partial charge in [0.1, 0.15) is 17.3 Å². The summed E-state index contributed by atoms with van der Waals surface area (Å²) in [4.78, 5) is 47.7. The molecule has 0 aliphatic carbocycles. The Kier molecular flexibility index (Phi) is 6.71. The average Bonchev–Trinajstić information content (AvgIpc) is 3.62. The summed E-state index contributed by atoms with van der Waals surface area (Å²) in [5.74, 6) is 2.02. The third-order valence-electron chi connectivity index (χ3n) is 6.69. The summed E-state index contributed by atoms with van der Waals surface area (Å²) in [7, 11) is 1.78. The molecule has 0 bridgehead atoms. The number of nitrogens with one attached hydrogen (secondary N) is 2. The first-order valence-electron chi connectivity index (χ1n) is 12.2. The number of aromatic nitrogens is 2. The lowest BCUT2D eigenvalue weighted by atomic mass is 10.1. The largest absolute Gasteiger partial charge is 0.457 e. The van der Waals surface area contributed by atoms with E-state index in [4.69, 9.17) is 4.74 Å². The van der Waals surface area contributed by atoms with Crippen molar-refractivity contribution in [1.82, 2.24) is 25.1 Å². The number of carbonyl (C=O) groups is 3. The van der Waals surface area contributed by atoms with Crippen LogP contribution in [0.1, 0.15) is 35.2 Å². The van der Waals surface area contributed by atoms with Gasteiger partial charge in [0.25, 0.3) is 5.91 Å². The van der Waals surface area contributed by atoms with Crippen LogP contribution in [0.15, 0.2) is 54.9 Å². The summed E-state index contributed by atoms with van der Waals surface area (Å²) in [6.07, 6.45) is 5.32. The number of rotatable bonds is 8. The number of carbonyl (C=O) groups excluding carboxylic acids is 3. The van der Waals surface area contributed by atoms with Crippen molar-refractivity contribution in [3.8, 4) is 22.9 Å². The molecule has 9 nitrogen and oxygen atoms in total. The molecule has 9 heteroatoms. The average molecular weight is 488 g/mol. The Balaban J connectivity index is 1.34. The minimum Gasteiger partial charge on any atom is -0.457 e. The Morgan fingerprint density at radius 3 is 2.67 bits per heavy atom. The number of ether oxygens (including phenoxy) is 1. The van der Waals surface area contributed by atoms with E-state index < -0.39 is 0 Å². The standard InChI is InChI=1S/C27H29N5O4/c1-31-16-18(13-25(31)34)15-30-27(35)20-4-5-21(17-32-12-2-3-24(32)33)23(14-20)36-22-8-6-19(7-9-22)26-28-10-11-29-26/h4-11,14,18H,2-3,12-13,15-17H2,1H3,(H,28,29)(H,30,35). The van der Waals surface area contributed by atoms with Crippen LogP contribution in [0.5, 0.6) is 11.5 Å². The number of hydrogen-bond acceptors (Lipinski definition) is 5. The SMILES string of the molecule is CN1CC(CNC(=O)c2ccc(CN3CCCC3=O)c(Oc3ccc(-c4ncc[nH]4)cc3)c2)CC1=O. The van der Waals surface area contributed by atoms with Crippen LogP contribution in [0.4, 0.5) is 0 Å². The summed E-state index contributed by atoms with van der Waals surface area (Å²) in [6, 6.07) is 12.8. The van der Waals surface area contributed by atoms with E-state index in [1.54, 1.807) is 36.5 Å². The summed E-state index contributed by atoms with van der Waals surface area (Å²) in [5.41, 5.74) is 2.23. The summed E-state index contributed by atoms with van der Waals surface area (Å²) in [6.45, 7) is 2.22. The van der Waals surface area contributed by atoms with E-state index in [1.807, 2.05) is 35.2 Å². The maximum absolute atomic E-state index is 12.9. The van der Waals surface area contributed by atoms with Gasteiger partial charge >= 0.3 is 0 Å². The maximum Gasteiger partial charge on any atom is 0.251 e. The number of benzene rings is 2. The van der Waals surface area contributed by atoms with E-state index in [0.717, 1.165) is 23.4 Å². The molecule has 0 saturated carbocycles. The third-order valence-corrected chi connectivity index (χ3v) is 6.69. The zero-order valence-electron chi connectivity index (χ0n) is 20.2. The highest BCUT2D eigenvalue weighted by Crippen LogP contribution is 2.30. The lowest BCUT2D eigenvalue weighted by Gasteiger charge is -2.19. The van der Waals surface area contributed by atoms with Gasteiger partial charge in [-0.25, -0.2) is 4.98 Å². The minimum absolute atomic E-state index is 0.101. The Bertz CT molecular complexity index is 1260. The zero-order chi connectivity index (χ0) is 25.1. The number of nitrogens with zero attached hydrogens (tertiary/aromatic N) is 3. The van der Waals surface area contributed by atoms with Crippen molar-refractivity contribution in [2.45, 2.75) is 25.8 Å². The monoisotopic (exact) mass is 487 g/mol. The molecular weight excluding hydrogens is 458 g/mol. The van der Waals surface area contributed by atoms with Crippen molar-refractivity contribution in [3.63, 3.8) is 0 Å². The van der Waals surface area contributed by atoms with Crippen molar-refractivity contribution in [2.24, 2.45) is 5.92 Å². The first-order chi connectivity index (χ1) is 17.5. The van der Waals surface area contributed by atoms with E-state index in [-0.39, 0.29) is 23.6 Å². The molecule has 3 amide bonds. The van der Waals surface area contributed by atoms with Gasteiger partial charge in [0, 0.05) is 81.1 Å². The molecule has 186 valence electrons. The second-order valence-electron chi connectivity index (χ2n) is 9.36. The fourth-order valence-electron chi connectivity index (χ4n) is 4.66. The number of aromatic amines is 1. The van der Waals surface area contributed by atoms with Gasteiger partial charge in [-0.15, -0.1) is 0 Å². The molecule has 36 heavy (non-hydrogen) atoms. The predicted molar refractivity (Wildman–Crippen MR) is 133 cm³/mol. The van der Waals surface area contributed by atoms with E-state index in [1.165, 1.54) is 0 Å². The molecular formula is C27H29N5O4. The number of hydrogen-bond donors (Lipinski definition) is 2. The van der Waals surface area contributed by atoms with Crippen LogP contribution in [0.2, 0.25) is 0 Å². The van der Waals surface area contributed by atoms with Crippen molar-refractivity contribution in [1.29, 1.82) is 0 Å². The molecule has 0 spiro atoms. The molecule has 2 aliphatic rings. The molecule has 2 fully saturated rings. The van der Waals surface area contributed by atoms with E-state index in [2.05, 4.69) is 15.3 Å². The fourth-order valence-corrected chi connectivity index (χ4v) is 4.66. The zero-order valence-corrected chi connectivity index (χ0v) is 20.2. The maximum atomic E-state index is 12.9. The van der Waals surface area contributed by atoms with Gasteiger partial charge < -0.3 is 24.8 Å². The van der Waals surface area contributed by atoms with Gasteiger partial charge in [-0.3, -0.25) is 14.4 Å². The molecule has 2 saturated heterocycles. The smallest absolute Gasteiger partial charge is 0.251 e. The Morgan fingerprint density at radius 1 is 1.17 bits per heavy atom. The van der Waals surface area contributed by atoms with Crippen LogP contribution in [-0.4, -0.2) is 64.2 Å². The highest BCUT2D eigenvalue weighted by Gasteiger charge is 2.27.